The number of anilines is 1. The summed E-state index contributed by atoms with van der Waals surface area (Å²) in [7, 11) is 0. The third-order valence-corrected chi connectivity index (χ3v) is 3.39. The zero-order valence-electron chi connectivity index (χ0n) is 13.5. The van der Waals surface area contributed by atoms with Gasteiger partial charge in [-0.15, -0.1) is 0 Å². The second-order valence-electron chi connectivity index (χ2n) is 5.26. The molecule has 0 fully saturated rings. The van der Waals surface area contributed by atoms with E-state index in [2.05, 4.69) is 10.6 Å². The molecule has 0 aliphatic carbocycles. The van der Waals surface area contributed by atoms with Gasteiger partial charge in [-0.2, -0.15) is 0 Å². The minimum atomic E-state index is -1.15. The molecule has 2 rings (SSSR count). The third-order valence-electron chi connectivity index (χ3n) is 3.39. The van der Waals surface area contributed by atoms with Crippen LogP contribution in [0.4, 0.5) is 11.4 Å². The summed E-state index contributed by atoms with van der Waals surface area (Å²) in [4.78, 5) is 44.6. The first kappa shape index (κ1) is 18.6. The summed E-state index contributed by atoms with van der Waals surface area (Å²) in [5.74, 6) is -2.14. The van der Waals surface area contributed by atoms with Gasteiger partial charge in [0.2, 0.25) is 5.91 Å². The molecular formula is C17H15N3O6. The van der Waals surface area contributed by atoms with Crippen molar-refractivity contribution in [3.8, 4) is 0 Å². The summed E-state index contributed by atoms with van der Waals surface area (Å²) in [6.07, 6.45) is -0.107. The highest BCUT2D eigenvalue weighted by Gasteiger charge is 2.13. The van der Waals surface area contributed by atoms with E-state index in [0.717, 1.165) is 0 Å². The van der Waals surface area contributed by atoms with Gasteiger partial charge in [0.1, 0.15) is 6.54 Å². The molecule has 3 N–H and O–H groups in total. The quantitative estimate of drug-likeness (QED) is 0.508. The van der Waals surface area contributed by atoms with E-state index >= 15 is 0 Å². The van der Waals surface area contributed by atoms with Crippen molar-refractivity contribution in [2.75, 3.05) is 11.9 Å². The van der Waals surface area contributed by atoms with Crippen LogP contribution in [0.1, 0.15) is 15.9 Å². The Kier molecular flexibility index (Phi) is 5.99. The van der Waals surface area contributed by atoms with Crippen molar-refractivity contribution in [1.29, 1.82) is 0 Å². The molecule has 0 aliphatic heterocycles. The molecule has 0 unspecified atom stereocenters. The van der Waals surface area contributed by atoms with Gasteiger partial charge in [0.25, 0.3) is 11.6 Å². The number of rotatable bonds is 7. The van der Waals surface area contributed by atoms with E-state index in [1.807, 2.05) is 0 Å². The SMILES string of the molecule is O=C(O)CNC(=O)Cc1ccccc1NC(=O)c1ccc([N+](=O)[O-])cc1. The zero-order valence-corrected chi connectivity index (χ0v) is 13.5. The summed E-state index contributed by atoms with van der Waals surface area (Å²) in [5, 5.41) is 24.1. The third kappa shape index (κ3) is 5.13. The first-order chi connectivity index (χ1) is 12.4. The molecular weight excluding hydrogens is 342 g/mol. The van der Waals surface area contributed by atoms with Crippen molar-refractivity contribution in [2.45, 2.75) is 6.42 Å². The van der Waals surface area contributed by atoms with E-state index in [1.54, 1.807) is 24.3 Å². The number of hydrogen-bond donors (Lipinski definition) is 3. The molecule has 0 saturated heterocycles. The van der Waals surface area contributed by atoms with E-state index in [1.165, 1.54) is 24.3 Å². The highest BCUT2D eigenvalue weighted by Crippen LogP contribution is 2.18. The van der Waals surface area contributed by atoms with Gasteiger partial charge in [-0.25, -0.2) is 0 Å². The molecule has 0 atom stereocenters. The maximum atomic E-state index is 12.3. The topological polar surface area (TPSA) is 139 Å². The standard InChI is InChI=1S/C17H15N3O6/c21-15(18-10-16(22)23)9-12-3-1-2-4-14(12)19-17(24)11-5-7-13(8-6-11)20(25)26/h1-8H,9-10H2,(H,18,21)(H,19,24)(H,22,23). The Balaban J connectivity index is 2.09. The second kappa shape index (κ2) is 8.38. The van der Waals surface area contributed by atoms with Gasteiger partial charge in [0, 0.05) is 23.4 Å². The Morgan fingerprint density at radius 3 is 2.31 bits per heavy atom. The summed E-state index contributed by atoms with van der Waals surface area (Å²) in [6.45, 7) is -0.490. The fourth-order valence-corrected chi connectivity index (χ4v) is 2.14. The first-order valence-electron chi connectivity index (χ1n) is 7.49. The van der Waals surface area contributed by atoms with E-state index < -0.39 is 29.3 Å². The molecule has 2 amide bonds. The Morgan fingerprint density at radius 1 is 1.04 bits per heavy atom. The fourth-order valence-electron chi connectivity index (χ4n) is 2.14. The number of benzene rings is 2. The van der Waals surface area contributed by atoms with Crippen molar-refractivity contribution >= 4 is 29.2 Å². The normalized spacial score (nSPS) is 10.0. The van der Waals surface area contributed by atoms with E-state index in [9.17, 15) is 24.5 Å². The average molecular weight is 357 g/mol. The van der Waals surface area contributed by atoms with E-state index in [4.69, 9.17) is 5.11 Å². The number of amides is 2. The number of para-hydroxylation sites is 1. The zero-order chi connectivity index (χ0) is 19.1. The van der Waals surface area contributed by atoms with Gasteiger partial charge in [-0.1, -0.05) is 18.2 Å². The number of carbonyl (C=O) groups is 3. The molecule has 0 spiro atoms. The Morgan fingerprint density at radius 2 is 1.69 bits per heavy atom. The van der Waals surface area contributed by atoms with Gasteiger partial charge >= 0.3 is 5.97 Å². The summed E-state index contributed by atoms with van der Waals surface area (Å²) in [5.41, 5.74) is 0.991. The molecule has 0 aromatic heterocycles. The van der Waals surface area contributed by atoms with Gasteiger partial charge in [-0.05, 0) is 23.8 Å². The lowest BCUT2D eigenvalue weighted by atomic mass is 10.1. The van der Waals surface area contributed by atoms with Crippen molar-refractivity contribution < 1.29 is 24.4 Å². The van der Waals surface area contributed by atoms with Gasteiger partial charge in [0.05, 0.1) is 11.3 Å². The number of carbonyl (C=O) groups excluding carboxylic acids is 2. The molecule has 9 nitrogen and oxygen atoms in total. The number of aliphatic carboxylic acids is 1. The smallest absolute Gasteiger partial charge is 0.322 e. The largest absolute Gasteiger partial charge is 0.480 e. The van der Waals surface area contributed by atoms with Gasteiger partial charge < -0.3 is 15.7 Å². The lowest BCUT2D eigenvalue weighted by Gasteiger charge is -2.11. The average Bonchev–Trinajstić information content (AvgIpc) is 2.61. The van der Waals surface area contributed by atoms with Crippen LogP contribution < -0.4 is 10.6 Å². The number of nitrogens with one attached hydrogen (secondary N) is 2. The molecule has 134 valence electrons. The van der Waals surface area contributed by atoms with Gasteiger partial charge in [-0.3, -0.25) is 24.5 Å². The predicted molar refractivity (Wildman–Crippen MR) is 91.8 cm³/mol. The lowest BCUT2D eigenvalue weighted by Crippen LogP contribution is -2.30. The van der Waals surface area contributed by atoms with Crippen LogP contribution in [-0.2, 0) is 16.0 Å². The Bertz CT molecular complexity index is 848. The number of nitro groups is 1. The highest BCUT2D eigenvalue weighted by atomic mass is 16.6. The van der Waals surface area contributed by atoms with Crippen LogP contribution in [0.15, 0.2) is 48.5 Å². The monoisotopic (exact) mass is 357 g/mol. The van der Waals surface area contributed by atoms with Crippen LogP contribution in [0.2, 0.25) is 0 Å². The molecule has 9 heteroatoms. The van der Waals surface area contributed by atoms with Crippen LogP contribution >= 0.6 is 0 Å². The van der Waals surface area contributed by atoms with Crippen molar-refractivity contribution in [3.63, 3.8) is 0 Å². The van der Waals surface area contributed by atoms with Crippen molar-refractivity contribution in [1.82, 2.24) is 5.32 Å². The van der Waals surface area contributed by atoms with E-state index in [0.29, 0.717) is 11.3 Å². The van der Waals surface area contributed by atoms with Crippen molar-refractivity contribution in [2.24, 2.45) is 0 Å². The number of nitro benzene ring substituents is 1. The Labute approximate surface area is 147 Å². The van der Waals surface area contributed by atoms with Crippen LogP contribution in [0.25, 0.3) is 0 Å². The van der Waals surface area contributed by atoms with Gasteiger partial charge in [0.15, 0.2) is 0 Å². The highest BCUT2D eigenvalue weighted by molar-refractivity contribution is 6.05. The van der Waals surface area contributed by atoms with Crippen LogP contribution in [0.5, 0.6) is 0 Å². The maximum absolute atomic E-state index is 12.3. The Hall–Kier alpha value is -3.75. The molecule has 0 radical (unpaired) electrons. The van der Waals surface area contributed by atoms with E-state index in [-0.39, 0.29) is 17.7 Å². The number of hydrogen-bond acceptors (Lipinski definition) is 5. The second-order valence-corrected chi connectivity index (χ2v) is 5.26. The number of non-ortho nitro benzene ring substituents is 1. The number of nitrogens with zero attached hydrogens (tertiary/aromatic N) is 1. The number of carboxylic acids is 1. The molecule has 0 heterocycles. The summed E-state index contributed by atoms with van der Waals surface area (Å²) in [6, 6.07) is 11.7. The molecule has 2 aromatic carbocycles. The maximum Gasteiger partial charge on any atom is 0.322 e. The number of carboxylic acid groups (broad SMARTS) is 1. The van der Waals surface area contributed by atoms with Crippen molar-refractivity contribution in [3.05, 3.63) is 69.8 Å². The molecule has 0 saturated carbocycles. The predicted octanol–water partition coefficient (Wildman–Crippen LogP) is 1.59. The molecule has 0 bridgehead atoms. The molecule has 2 aromatic rings. The fraction of sp³-hybridized carbons (Fsp3) is 0.118. The first-order valence-corrected chi connectivity index (χ1v) is 7.49. The minimum absolute atomic E-state index is 0.107. The molecule has 26 heavy (non-hydrogen) atoms. The van der Waals surface area contributed by atoms with Crippen LogP contribution in [0, 0.1) is 10.1 Å². The van der Waals surface area contributed by atoms with Crippen LogP contribution in [-0.4, -0.2) is 34.4 Å². The summed E-state index contributed by atoms with van der Waals surface area (Å²) >= 11 is 0. The molecule has 0 aliphatic rings. The van der Waals surface area contributed by atoms with Crippen LogP contribution in [0.3, 0.4) is 0 Å². The lowest BCUT2D eigenvalue weighted by molar-refractivity contribution is -0.384. The minimum Gasteiger partial charge on any atom is -0.480 e. The summed E-state index contributed by atoms with van der Waals surface area (Å²) < 4.78 is 0.